The number of aliphatic hydroxyl groups excluding tert-OH is 1. The van der Waals surface area contributed by atoms with Gasteiger partial charge in [0.1, 0.15) is 12.4 Å². The topological polar surface area (TPSA) is 108 Å². The number of hydrogen-bond acceptors (Lipinski definition) is 7. The van der Waals surface area contributed by atoms with Gasteiger partial charge in [0.2, 0.25) is 0 Å². The Morgan fingerprint density at radius 2 is 1.86 bits per heavy atom. The fraction of sp³-hybridized carbons (Fsp3) is 0.320. The van der Waals surface area contributed by atoms with Crippen molar-refractivity contribution in [1.82, 2.24) is 19.7 Å². The number of ether oxygens (including phenoxy) is 2. The molecule has 0 fully saturated rings. The minimum Gasteiger partial charge on any atom is -0.490 e. The summed E-state index contributed by atoms with van der Waals surface area (Å²) in [5.41, 5.74) is 8.29. The van der Waals surface area contributed by atoms with Gasteiger partial charge in [-0.1, -0.05) is 12.1 Å². The first-order valence-electron chi connectivity index (χ1n) is 11.2. The summed E-state index contributed by atoms with van der Waals surface area (Å²) in [4.78, 5) is 9.06. The van der Waals surface area contributed by atoms with E-state index in [4.69, 9.17) is 15.2 Å². The Hall–Kier alpha value is -3.47. The second kappa shape index (κ2) is 10.9. The molecule has 4 aromatic rings. The zero-order valence-electron chi connectivity index (χ0n) is 19.3. The van der Waals surface area contributed by atoms with E-state index in [1.54, 1.807) is 48.3 Å². The zero-order valence-corrected chi connectivity index (χ0v) is 19.3. The van der Waals surface area contributed by atoms with E-state index in [0.717, 1.165) is 16.5 Å². The Morgan fingerprint density at radius 3 is 2.63 bits per heavy atom. The molecule has 10 heteroatoms. The summed E-state index contributed by atoms with van der Waals surface area (Å²) in [5.74, 6) is -1.81. The van der Waals surface area contributed by atoms with Gasteiger partial charge in [0.15, 0.2) is 5.82 Å². The number of alkyl halides is 2. The number of nitrogens with two attached hydrogens (primary N) is 1. The predicted octanol–water partition coefficient (Wildman–Crippen LogP) is 3.53. The van der Waals surface area contributed by atoms with Gasteiger partial charge in [0.25, 0.3) is 5.92 Å². The number of aliphatic hydroxyl groups is 1. The maximum absolute atomic E-state index is 13.7. The third kappa shape index (κ3) is 5.79. The molecule has 3 N–H and O–H groups in total. The molecule has 3 aromatic heterocycles. The number of methoxy groups -OCH3 is 1. The maximum Gasteiger partial charge on any atom is 0.260 e. The van der Waals surface area contributed by atoms with Crippen molar-refractivity contribution in [2.45, 2.75) is 25.4 Å². The number of rotatable bonds is 11. The van der Waals surface area contributed by atoms with Gasteiger partial charge in [-0.3, -0.25) is 4.98 Å². The first-order chi connectivity index (χ1) is 16.9. The van der Waals surface area contributed by atoms with E-state index in [1.165, 1.54) is 0 Å². The Kier molecular flexibility index (Phi) is 7.64. The molecule has 0 spiro atoms. The average Bonchev–Trinajstić information content (AvgIpc) is 3.32. The van der Waals surface area contributed by atoms with Gasteiger partial charge in [-0.15, -0.1) is 0 Å². The number of aryl methyl sites for hydroxylation is 1. The molecule has 4 rings (SSSR count). The summed E-state index contributed by atoms with van der Waals surface area (Å²) in [6.07, 6.45) is 1.42. The number of fused-ring (bicyclic) bond motifs is 1. The van der Waals surface area contributed by atoms with Crippen LogP contribution in [0, 0.1) is 0 Å². The monoisotopic (exact) mass is 483 g/mol. The molecular formula is C25H27F2N5O3. The molecule has 0 bridgehead atoms. The van der Waals surface area contributed by atoms with Crippen molar-refractivity contribution in [2.75, 3.05) is 26.9 Å². The number of pyridine rings is 2. The molecule has 1 aromatic carbocycles. The minimum atomic E-state index is -2.93. The lowest BCUT2D eigenvalue weighted by molar-refractivity contribution is 0.00224. The molecular weight excluding hydrogens is 456 g/mol. The van der Waals surface area contributed by atoms with Gasteiger partial charge in [-0.25, -0.2) is 18.4 Å². The van der Waals surface area contributed by atoms with Crippen LogP contribution in [0.2, 0.25) is 0 Å². The SMILES string of the molecule is COCCOc1cc(-c2cccc(CCC(F)(F)CN)n2)cc2c1cnn2-c1cccc(CO)n1. The lowest BCUT2D eigenvalue weighted by Gasteiger charge is -2.14. The van der Waals surface area contributed by atoms with Crippen molar-refractivity contribution >= 4 is 10.9 Å². The van der Waals surface area contributed by atoms with Crippen LogP contribution in [0.25, 0.3) is 28.0 Å². The van der Waals surface area contributed by atoms with Crippen LogP contribution in [-0.4, -0.2) is 57.6 Å². The smallest absolute Gasteiger partial charge is 0.260 e. The predicted molar refractivity (Wildman–Crippen MR) is 128 cm³/mol. The number of nitrogens with zero attached hydrogens (tertiary/aromatic N) is 4. The summed E-state index contributed by atoms with van der Waals surface area (Å²) < 4.78 is 40.0. The van der Waals surface area contributed by atoms with Crippen LogP contribution < -0.4 is 10.5 Å². The first kappa shape index (κ1) is 24.6. The highest BCUT2D eigenvalue weighted by Gasteiger charge is 2.26. The van der Waals surface area contributed by atoms with Gasteiger partial charge in [0, 0.05) is 24.8 Å². The van der Waals surface area contributed by atoms with Crippen LogP contribution in [0.5, 0.6) is 5.75 Å². The van der Waals surface area contributed by atoms with Crippen LogP contribution in [0.1, 0.15) is 17.8 Å². The van der Waals surface area contributed by atoms with E-state index in [9.17, 15) is 13.9 Å². The number of benzene rings is 1. The van der Waals surface area contributed by atoms with Crippen molar-refractivity contribution in [1.29, 1.82) is 0 Å². The van der Waals surface area contributed by atoms with Gasteiger partial charge < -0.3 is 20.3 Å². The van der Waals surface area contributed by atoms with Crippen molar-refractivity contribution in [3.05, 3.63) is 66.1 Å². The van der Waals surface area contributed by atoms with Crippen molar-refractivity contribution in [2.24, 2.45) is 5.73 Å². The highest BCUT2D eigenvalue weighted by atomic mass is 19.3. The van der Waals surface area contributed by atoms with E-state index in [2.05, 4.69) is 15.1 Å². The van der Waals surface area contributed by atoms with Crippen LogP contribution in [-0.2, 0) is 17.8 Å². The van der Waals surface area contributed by atoms with E-state index in [0.29, 0.717) is 41.9 Å². The molecule has 8 nitrogen and oxygen atoms in total. The minimum absolute atomic E-state index is 0.104. The summed E-state index contributed by atoms with van der Waals surface area (Å²) in [6, 6.07) is 14.4. The number of aromatic nitrogens is 4. The molecule has 3 heterocycles. The highest BCUT2D eigenvalue weighted by molar-refractivity contribution is 5.90. The van der Waals surface area contributed by atoms with Crippen LogP contribution in [0.15, 0.2) is 54.7 Å². The van der Waals surface area contributed by atoms with Gasteiger partial charge in [0.05, 0.1) is 48.2 Å². The van der Waals surface area contributed by atoms with E-state index < -0.39 is 12.5 Å². The molecule has 0 radical (unpaired) electrons. The van der Waals surface area contributed by atoms with Gasteiger partial charge >= 0.3 is 0 Å². The van der Waals surface area contributed by atoms with E-state index >= 15 is 0 Å². The molecule has 184 valence electrons. The third-order valence-corrected chi connectivity index (χ3v) is 5.51. The number of hydrogen-bond donors (Lipinski definition) is 2. The maximum atomic E-state index is 13.7. The van der Waals surface area contributed by atoms with Crippen LogP contribution in [0.4, 0.5) is 8.78 Å². The second-order valence-electron chi connectivity index (χ2n) is 8.02. The third-order valence-electron chi connectivity index (χ3n) is 5.51. The van der Waals surface area contributed by atoms with Crippen molar-refractivity contribution < 1.29 is 23.4 Å². The average molecular weight is 484 g/mol. The Balaban J connectivity index is 1.77. The normalized spacial score (nSPS) is 11.8. The molecule has 0 aliphatic rings. The molecule has 35 heavy (non-hydrogen) atoms. The summed E-state index contributed by atoms with van der Waals surface area (Å²) in [6.45, 7) is -0.145. The van der Waals surface area contributed by atoms with Crippen LogP contribution >= 0.6 is 0 Å². The first-order valence-corrected chi connectivity index (χ1v) is 11.2. The Morgan fingerprint density at radius 1 is 1.06 bits per heavy atom. The second-order valence-corrected chi connectivity index (χ2v) is 8.02. The van der Waals surface area contributed by atoms with E-state index in [1.807, 2.05) is 18.2 Å². The number of halogens is 2. The molecule has 0 unspecified atom stereocenters. The fourth-order valence-electron chi connectivity index (χ4n) is 3.64. The van der Waals surface area contributed by atoms with Crippen molar-refractivity contribution in [3.8, 4) is 22.8 Å². The highest BCUT2D eigenvalue weighted by Crippen LogP contribution is 2.33. The molecule has 0 aliphatic heterocycles. The van der Waals surface area contributed by atoms with Crippen molar-refractivity contribution in [3.63, 3.8) is 0 Å². The Labute approximate surface area is 201 Å². The van der Waals surface area contributed by atoms with Crippen LogP contribution in [0.3, 0.4) is 0 Å². The molecule has 0 saturated carbocycles. The summed E-state index contributed by atoms with van der Waals surface area (Å²) >= 11 is 0. The lowest BCUT2D eigenvalue weighted by atomic mass is 10.1. The summed E-state index contributed by atoms with van der Waals surface area (Å²) in [7, 11) is 1.59. The van der Waals surface area contributed by atoms with Gasteiger partial charge in [-0.2, -0.15) is 5.10 Å². The molecule has 0 saturated heterocycles. The lowest BCUT2D eigenvalue weighted by Crippen LogP contribution is -2.28. The summed E-state index contributed by atoms with van der Waals surface area (Å²) in [5, 5.41) is 14.7. The standard InChI is InChI=1S/C25H27F2N5O3/c1-34-10-11-35-23-13-17(21-6-2-4-18(30-21)8-9-25(26,27)16-28)12-22-20(23)14-29-32(22)24-7-3-5-19(15-33)31-24/h2-7,12-14,33H,8-11,15-16,28H2,1H3. The molecule has 0 atom stereocenters. The zero-order chi connectivity index (χ0) is 24.8. The quantitative estimate of drug-likeness (QED) is 0.314. The molecule has 0 amide bonds. The Bertz CT molecular complexity index is 1300. The fourth-order valence-corrected chi connectivity index (χ4v) is 3.64. The van der Waals surface area contributed by atoms with E-state index in [-0.39, 0.29) is 19.4 Å². The van der Waals surface area contributed by atoms with Gasteiger partial charge in [-0.05, 0) is 42.8 Å². The largest absolute Gasteiger partial charge is 0.490 e. The molecule has 0 aliphatic carbocycles.